The SMILES string of the molecule is Cc1ccc(-c2ccc(-c3ccc(-c4cc(C)cc(C)c4)cc3)c(-c3nc4ccccc4o3)c2)cc1. The molecule has 0 radical (unpaired) electrons. The highest BCUT2D eigenvalue weighted by atomic mass is 16.3. The molecular formula is C34H27NO. The molecular weight excluding hydrogens is 438 g/mol. The van der Waals surface area contributed by atoms with E-state index in [1.165, 1.54) is 33.4 Å². The number of nitrogens with zero attached hydrogens (tertiary/aromatic N) is 1. The minimum Gasteiger partial charge on any atom is -0.436 e. The smallest absolute Gasteiger partial charge is 0.227 e. The molecule has 0 aliphatic carbocycles. The van der Waals surface area contributed by atoms with Gasteiger partial charge in [0.25, 0.3) is 0 Å². The lowest BCUT2D eigenvalue weighted by Gasteiger charge is -2.12. The zero-order valence-corrected chi connectivity index (χ0v) is 20.7. The van der Waals surface area contributed by atoms with E-state index in [2.05, 4.69) is 106 Å². The van der Waals surface area contributed by atoms with Crippen LogP contribution in [0.1, 0.15) is 16.7 Å². The van der Waals surface area contributed by atoms with Crippen molar-refractivity contribution in [2.24, 2.45) is 0 Å². The van der Waals surface area contributed by atoms with Crippen molar-refractivity contribution in [1.29, 1.82) is 0 Å². The molecule has 2 heteroatoms. The van der Waals surface area contributed by atoms with Crippen molar-refractivity contribution in [3.05, 3.63) is 126 Å². The lowest BCUT2D eigenvalue weighted by atomic mass is 9.93. The minimum absolute atomic E-state index is 0.638. The van der Waals surface area contributed by atoms with Gasteiger partial charge in [-0.2, -0.15) is 0 Å². The van der Waals surface area contributed by atoms with Gasteiger partial charge >= 0.3 is 0 Å². The second kappa shape index (κ2) is 8.98. The fourth-order valence-corrected chi connectivity index (χ4v) is 4.87. The monoisotopic (exact) mass is 465 g/mol. The molecule has 0 spiro atoms. The van der Waals surface area contributed by atoms with E-state index in [9.17, 15) is 0 Å². The van der Waals surface area contributed by atoms with Crippen molar-refractivity contribution in [3.63, 3.8) is 0 Å². The molecule has 0 bridgehead atoms. The Bertz CT molecular complexity index is 1640. The largest absolute Gasteiger partial charge is 0.436 e. The maximum atomic E-state index is 6.23. The van der Waals surface area contributed by atoms with Gasteiger partial charge in [-0.1, -0.05) is 108 Å². The molecule has 0 fully saturated rings. The Labute approximate surface area is 211 Å². The number of para-hydroxylation sites is 2. The normalized spacial score (nSPS) is 11.2. The van der Waals surface area contributed by atoms with Crippen molar-refractivity contribution in [2.75, 3.05) is 0 Å². The molecule has 0 aliphatic heterocycles. The standard InChI is InChI=1S/C34H27NO/c1-22-8-10-25(11-9-22)28-16-17-30(31(21-28)34-35-32-6-4-5-7-33(32)36-34)27-14-12-26(13-15-27)29-19-23(2)18-24(3)20-29/h4-21H,1-3H3. The van der Waals surface area contributed by atoms with Crippen molar-refractivity contribution >= 4 is 11.1 Å². The first-order valence-electron chi connectivity index (χ1n) is 12.3. The fourth-order valence-electron chi connectivity index (χ4n) is 4.87. The predicted octanol–water partition coefficient (Wildman–Crippen LogP) is 9.42. The average Bonchev–Trinajstić information content (AvgIpc) is 3.33. The van der Waals surface area contributed by atoms with Gasteiger partial charge in [-0.3, -0.25) is 0 Å². The van der Waals surface area contributed by atoms with E-state index in [4.69, 9.17) is 9.40 Å². The number of fused-ring (bicyclic) bond motifs is 1. The van der Waals surface area contributed by atoms with Gasteiger partial charge in [0.15, 0.2) is 5.58 Å². The molecule has 5 aromatic carbocycles. The number of aryl methyl sites for hydroxylation is 3. The molecule has 36 heavy (non-hydrogen) atoms. The molecule has 2 nitrogen and oxygen atoms in total. The Morgan fingerprint density at radius 2 is 1.08 bits per heavy atom. The zero-order valence-electron chi connectivity index (χ0n) is 20.7. The second-order valence-corrected chi connectivity index (χ2v) is 9.57. The van der Waals surface area contributed by atoms with Gasteiger partial charge in [-0.25, -0.2) is 4.98 Å². The Hall–Kier alpha value is -4.43. The van der Waals surface area contributed by atoms with E-state index in [0.29, 0.717) is 5.89 Å². The summed E-state index contributed by atoms with van der Waals surface area (Å²) in [4.78, 5) is 4.84. The molecule has 174 valence electrons. The van der Waals surface area contributed by atoms with Crippen LogP contribution in [0.5, 0.6) is 0 Å². The minimum atomic E-state index is 0.638. The molecule has 0 saturated heterocycles. The third kappa shape index (κ3) is 4.23. The van der Waals surface area contributed by atoms with Crippen molar-refractivity contribution in [3.8, 4) is 44.8 Å². The molecule has 1 heterocycles. The summed E-state index contributed by atoms with van der Waals surface area (Å²) in [6, 6.07) is 38.6. The van der Waals surface area contributed by atoms with Crippen LogP contribution in [0.25, 0.3) is 55.9 Å². The predicted molar refractivity (Wildman–Crippen MR) is 150 cm³/mol. The summed E-state index contributed by atoms with van der Waals surface area (Å²) >= 11 is 0. The molecule has 0 N–H and O–H groups in total. The highest BCUT2D eigenvalue weighted by molar-refractivity contribution is 5.87. The molecule has 0 amide bonds. The second-order valence-electron chi connectivity index (χ2n) is 9.57. The lowest BCUT2D eigenvalue weighted by Crippen LogP contribution is -1.89. The summed E-state index contributed by atoms with van der Waals surface area (Å²) in [7, 11) is 0. The molecule has 6 aromatic rings. The molecule has 0 atom stereocenters. The van der Waals surface area contributed by atoms with Crippen LogP contribution in [0.15, 0.2) is 114 Å². The van der Waals surface area contributed by atoms with Crippen LogP contribution in [0.2, 0.25) is 0 Å². The highest BCUT2D eigenvalue weighted by Gasteiger charge is 2.16. The number of benzene rings is 5. The van der Waals surface area contributed by atoms with Gasteiger partial charge < -0.3 is 4.42 Å². The Morgan fingerprint density at radius 1 is 0.472 bits per heavy atom. The lowest BCUT2D eigenvalue weighted by molar-refractivity contribution is 0.620. The number of rotatable bonds is 4. The topological polar surface area (TPSA) is 26.0 Å². The van der Waals surface area contributed by atoms with Crippen LogP contribution < -0.4 is 0 Å². The van der Waals surface area contributed by atoms with E-state index in [0.717, 1.165) is 33.4 Å². The van der Waals surface area contributed by atoms with Crippen molar-refractivity contribution in [1.82, 2.24) is 4.98 Å². The third-order valence-electron chi connectivity index (χ3n) is 6.68. The van der Waals surface area contributed by atoms with E-state index >= 15 is 0 Å². The number of hydrogen-bond acceptors (Lipinski definition) is 2. The number of hydrogen-bond donors (Lipinski definition) is 0. The van der Waals surface area contributed by atoms with Crippen LogP contribution in [0.3, 0.4) is 0 Å². The van der Waals surface area contributed by atoms with Gasteiger partial charge in [0.2, 0.25) is 5.89 Å². The van der Waals surface area contributed by atoms with Gasteiger partial charge in [-0.15, -0.1) is 0 Å². The molecule has 6 rings (SSSR count). The summed E-state index contributed by atoms with van der Waals surface area (Å²) in [6.45, 7) is 6.40. The number of aromatic nitrogens is 1. The van der Waals surface area contributed by atoms with Crippen LogP contribution in [0.4, 0.5) is 0 Å². The number of oxazole rings is 1. The van der Waals surface area contributed by atoms with Crippen LogP contribution in [-0.4, -0.2) is 4.98 Å². The van der Waals surface area contributed by atoms with Crippen LogP contribution >= 0.6 is 0 Å². The van der Waals surface area contributed by atoms with E-state index in [1.54, 1.807) is 0 Å². The first kappa shape index (κ1) is 22.1. The van der Waals surface area contributed by atoms with E-state index < -0.39 is 0 Å². The van der Waals surface area contributed by atoms with Crippen LogP contribution in [-0.2, 0) is 0 Å². The summed E-state index contributed by atoms with van der Waals surface area (Å²) < 4.78 is 6.23. The molecule has 0 aliphatic rings. The van der Waals surface area contributed by atoms with Gasteiger partial charge in [0.05, 0.1) is 0 Å². The van der Waals surface area contributed by atoms with Gasteiger partial charge in [0, 0.05) is 5.56 Å². The van der Waals surface area contributed by atoms with E-state index in [1.807, 2.05) is 24.3 Å². The maximum Gasteiger partial charge on any atom is 0.227 e. The summed E-state index contributed by atoms with van der Waals surface area (Å²) in [6.07, 6.45) is 0. The van der Waals surface area contributed by atoms with Crippen LogP contribution in [0, 0.1) is 20.8 Å². The molecule has 0 saturated carbocycles. The summed E-state index contributed by atoms with van der Waals surface area (Å²) in [5.74, 6) is 0.638. The summed E-state index contributed by atoms with van der Waals surface area (Å²) in [5.41, 5.74) is 13.5. The average molecular weight is 466 g/mol. The quantitative estimate of drug-likeness (QED) is 0.259. The Balaban J connectivity index is 1.47. The van der Waals surface area contributed by atoms with Gasteiger partial charge in [0.1, 0.15) is 5.52 Å². The fraction of sp³-hybridized carbons (Fsp3) is 0.0882. The Kier molecular flexibility index (Phi) is 5.50. The van der Waals surface area contributed by atoms with E-state index in [-0.39, 0.29) is 0 Å². The summed E-state index contributed by atoms with van der Waals surface area (Å²) in [5, 5.41) is 0. The van der Waals surface area contributed by atoms with Crippen molar-refractivity contribution < 1.29 is 4.42 Å². The maximum absolute atomic E-state index is 6.23. The van der Waals surface area contributed by atoms with Crippen molar-refractivity contribution in [2.45, 2.75) is 20.8 Å². The highest BCUT2D eigenvalue weighted by Crippen LogP contribution is 2.37. The molecule has 1 aromatic heterocycles. The Morgan fingerprint density at radius 3 is 1.81 bits per heavy atom. The molecule has 0 unspecified atom stereocenters. The van der Waals surface area contributed by atoms with Gasteiger partial charge in [-0.05, 0) is 72.4 Å². The first-order valence-corrected chi connectivity index (χ1v) is 12.3. The zero-order chi connectivity index (χ0) is 24.6. The third-order valence-corrected chi connectivity index (χ3v) is 6.68. The first-order chi connectivity index (χ1) is 17.5.